The Morgan fingerprint density at radius 1 is 1.27 bits per heavy atom. The number of nitrogens with zero attached hydrogens (tertiary/aromatic N) is 2. The molecule has 1 aromatic heterocycles. The van der Waals surface area contributed by atoms with Crippen molar-refractivity contribution in [3.63, 3.8) is 0 Å². The number of hydrogen-bond acceptors (Lipinski definition) is 4. The Balaban J connectivity index is 1.67. The van der Waals surface area contributed by atoms with Crippen LogP contribution in [0.5, 0.6) is 5.75 Å². The van der Waals surface area contributed by atoms with Gasteiger partial charge in [-0.15, -0.1) is 0 Å². The maximum Gasteiger partial charge on any atom is 0.253 e. The minimum absolute atomic E-state index is 0.0625. The van der Waals surface area contributed by atoms with Crippen molar-refractivity contribution in [2.75, 3.05) is 20.2 Å². The summed E-state index contributed by atoms with van der Waals surface area (Å²) in [6.07, 6.45) is 3.18. The van der Waals surface area contributed by atoms with E-state index in [0.29, 0.717) is 12.1 Å². The molecule has 2 aliphatic heterocycles. The lowest BCUT2D eigenvalue weighted by Gasteiger charge is -2.28. The molecule has 138 valence electrons. The molecular formula is C21H27N3O2. The lowest BCUT2D eigenvalue weighted by Crippen LogP contribution is -2.43. The lowest BCUT2D eigenvalue weighted by molar-refractivity contribution is 0.215. The van der Waals surface area contributed by atoms with Crippen molar-refractivity contribution in [2.24, 2.45) is 7.05 Å². The number of ether oxygens (including phenoxy) is 1. The number of likely N-dealkylation sites (tertiary alicyclic amines) is 1. The van der Waals surface area contributed by atoms with Crippen LogP contribution in [0.3, 0.4) is 0 Å². The minimum Gasteiger partial charge on any atom is -0.496 e. The Bertz CT molecular complexity index is 903. The molecule has 0 spiro atoms. The van der Waals surface area contributed by atoms with Crippen molar-refractivity contribution in [1.82, 2.24) is 14.8 Å². The summed E-state index contributed by atoms with van der Waals surface area (Å²) < 4.78 is 7.37. The summed E-state index contributed by atoms with van der Waals surface area (Å²) >= 11 is 0. The number of hydrogen-bond donors (Lipinski definition) is 1. The van der Waals surface area contributed by atoms with E-state index in [4.69, 9.17) is 4.74 Å². The molecule has 2 aliphatic rings. The van der Waals surface area contributed by atoms with Crippen molar-refractivity contribution in [2.45, 2.75) is 38.9 Å². The Morgan fingerprint density at radius 2 is 2.08 bits per heavy atom. The SMILES string of the molecule is COc1cc(-c2cn(C)c(=O)c(C)c2C)ccc1CN1C[C@@H]2CC1CN2. The summed E-state index contributed by atoms with van der Waals surface area (Å²) in [5.41, 5.74) is 5.29. The molecule has 1 unspecified atom stereocenters. The molecular weight excluding hydrogens is 326 g/mol. The molecule has 5 nitrogen and oxygen atoms in total. The van der Waals surface area contributed by atoms with Crippen molar-refractivity contribution < 1.29 is 4.74 Å². The number of rotatable bonds is 4. The van der Waals surface area contributed by atoms with Crippen molar-refractivity contribution in [3.8, 4) is 16.9 Å². The van der Waals surface area contributed by atoms with Crippen LogP contribution in [0.2, 0.25) is 0 Å². The van der Waals surface area contributed by atoms with E-state index >= 15 is 0 Å². The predicted octanol–water partition coefficient (Wildman–Crippen LogP) is 2.22. The third-order valence-corrected chi connectivity index (χ3v) is 6.07. The topological polar surface area (TPSA) is 46.5 Å². The zero-order chi connectivity index (χ0) is 18.4. The van der Waals surface area contributed by atoms with Gasteiger partial charge in [-0.2, -0.15) is 0 Å². The molecule has 2 aromatic rings. The lowest BCUT2D eigenvalue weighted by atomic mass is 9.98. The number of aryl methyl sites for hydroxylation is 1. The second kappa shape index (κ2) is 6.56. The molecule has 2 fully saturated rings. The maximum absolute atomic E-state index is 12.1. The van der Waals surface area contributed by atoms with Crippen molar-refractivity contribution in [1.29, 1.82) is 0 Å². The molecule has 2 bridgehead atoms. The highest BCUT2D eigenvalue weighted by molar-refractivity contribution is 5.69. The molecule has 5 heteroatoms. The van der Waals surface area contributed by atoms with Gasteiger partial charge in [0.25, 0.3) is 5.56 Å². The molecule has 2 saturated heterocycles. The van der Waals surface area contributed by atoms with Gasteiger partial charge >= 0.3 is 0 Å². The van der Waals surface area contributed by atoms with Crippen LogP contribution in [0.15, 0.2) is 29.2 Å². The number of methoxy groups -OCH3 is 1. The van der Waals surface area contributed by atoms with Crippen LogP contribution >= 0.6 is 0 Å². The second-order valence-electron chi connectivity index (χ2n) is 7.66. The van der Waals surface area contributed by atoms with E-state index in [1.165, 1.54) is 12.0 Å². The molecule has 0 radical (unpaired) electrons. The third kappa shape index (κ3) is 2.85. The van der Waals surface area contributed by atoms with E-state index in [2.05, 4.69) is 28.4 Å². The zero-order valence-electron chi connectivity index (χ0n) is 16.0. The highest BCUT2D eigenvalue weighted by Crippen LogP contribution is 2.32. The van der Waals surface area contributed by atoms with E-state index in [1.807, 2.05) is 20.0 Å². The van der Waals surface area contributed by atoms with Gasteiger partial charge in [-0.05, 0) is 37.5 Å². The number of piperazine rings is 1. The van der Waals surface area contributed by atoms with Gasteiger partial charge in [-0.1, -0.05) is 12.1 Å². The summed E-state index contributed by atoms with van der Waals surface area (Å²) in [5, 5.41) is 3.55. The zero-order valence-corrected chi connectivity index (χ0v) is 16.0. The summed E-state index contributed by atoms with van der Waals surface area (Å²) in [6, 6.07) is 7.73. The molecule has 26 heavy (non-hydrogen) atoms. The first-order chi connectivity index (χ1) is 12.5. The molecule has 4 rings (SSSR count). The van der Waals surface area contributed by atoms with Gasteiger partial charge in [0.05, 0.1) is 7.11 Å². The summed E-state index contributed by atoms with van der Waals surface area (Å²) in [4.78, 5) is 14.7. The van der Waals surface area contributed by atoms with Crippen LogP contribution < -0.4 is 15.6 Å². The average Bonchev–Trinajstić information content (AvgIpc) is 3.26. The van der Waals surface area contributed by atoms with Crippen molar-refractivity contribution in [3.05, 3.63) is 51.4 Å². The quantitative estimate of drug-likeness (QED) is 0.916. The van der Waals surface area contributed by atoms with Crippen LogP contribution in [0.25, 0.3) is 11.1 Å². The fraction of sp³-hybridized carbons (Fsp3) is 0.476. The van der Waals surface area contributed by atoms with Crippen LogP contribution in [0.4, 0.5) is 0 Å². The Kier molecular flexibility index (Phi) is 4.37. The standard InChI is InChI=1S/C21H27N3O2/c1-13-14(2)21(25)23(3)12-19(13)15-5-6-16(20(7-15)26-4)10-24-11-17-8-18(24)9-22-17/h5-7,12,17-18,22H,8-11H2,1-4H3/t17-,18?/m0/s1. The van der Waals surface area contributed by atoms with Crippen LogP contribution in [0, 0.1) is 13.8 Å². The van der Waals surface area contributed by atoms with Gasteiger partial charge < -0.3 is 14.6 Å². The molecule has 0 amide bonds. The second-order valence-corrected chi connectivity index (χ2v) is 7.66. The van der Waals surface area contributed by atoms with Gasteiger partial charge in [0, 0.05) is 61.7 Å². The first-order valence-electron chi connectivity index (χ1n) is 9.29. The molecule has 2 atom stereocenters. The van der Waals surface area contributed by atoms with Crippen LogP contribution in [-0.2, 0) is 13.6 Å². The number of aromatic nitrogens is 1. The monoisotopic (exact) mass is 353 g/mol. The highest BCUT2D eigenvalue weighted by atomic mass is 16.5. The smallest absolute Gasteiger partial charge is 0.253 e. The fourth-order valence-corrected chi connectivity index (χ4v) is 4.37. The Hall–Kier alpha value is -2.11. The van der Waals surface area contributed by atoms with Crippen LogP contribution in [0.1, 0.15) is 23.1 Å². The van der Waals surface area contributed by atoms with Gasteiger partial charge in [-0.25, -0.2) is 0 Å². The average molecular weight is 353 g/mol. The van der Waals surface area contributed by atoms with E-state index in [9.17, 15) is 4.79 Å². The minimum atomic E-state index is 0.0625. The normalized spacial score (nSPS) is 22.2. The summed E-state index contributed by atoms with van der Waals surface area (Å²) in [6.45, 7) is 7.05. The molecule has 0 aliphatic carbocycles. The largest absolute Gasteiger partial charge is 0.496 e. The fourth-order valence-electron chi connectivity index (χ4n) is 4.37. The van der Waals surface area contributed by atoms with E-state index in [0.717, 1.165) is 47.6 Å². The first-order valence-corrected chi connectivity index (χ1v) is 9.29. The maximum atomic E-state index is 12.1. The number of benzene rings is 1. The Labute approximate surface area is 154 Å². The molecule has 0 saturated carbocycles. The van der Waals surface area contributed by atoms with E-state index in [-0.39, 0.29) is 5.56 Å². The Morgan fingerprint density at radius 3 is 2.73 bits per heavy atom. The van der Waals surface area contributed by atoms with Gasteiger partial charge in [0.1, 0.15) is 5.75 Å². The molecule has 1 N–H and O–H groups in total. The van der Waals surface area contributed by atoms with E-state index in [1.54, 1.807) is 18.7 Å². The van der Waals surface area contributed by atoms with Gasteiger partial charge in [0.15, 0.2) is 0 Å². The highest BCUT2D eigenvalue weighted by Gasteiger charge is 2.37. The number of pyridine rings is 1. The molecule has 3 heterocycles. The first kappa shape index (κ1) is 17.3. The van der Waals surface area contributed by atoms with Crippen molar-refractivity contribution >= 4 is 0 Å². The predicted molar refractivity (Wildman–Crippen MR) is 104 cm³/mol. The summed E-state index contributed by atoms with van der Waals surface area (Å²) in [5.74, 6) is 0.920. The van der Waals surface area contributed by atoms with E-state index < -0.39 is 0 Å². The number of nitrogens with one attached hydrogen (secondary N) is 1. The van der Waals surface area contributed by atoms with Gasteiger partial charge in [0.2, 0.25) is 0 Å². The van der Waals surface area contributed by atoms with Gasteiger partial charge in [-0.3, -0.25) is 9.69 Å². The summed E-state index contributed by atoms with van der Waals surface area (Å²) in [7, 11) is 3.54. The third-order valence-electron chi connectivity index (χ3n) is 6.07. The van der Waals surface area contributed by atoms with Crippen LogP contribution in [-0.4, -0.2) is 41.8 Å². The number of fused-ring (bicyclic) bond motifs is 2. The molecule has 1 aromatic carbocycles.